The highest BCUT2D eigenvalue weighted by atomic mass is 19.1. The van der Waals surface area contributed by atoms with Crippen LogP contribution in [0.2, 0.25) is 0 Å². The van der Waals surface area contributed by atoms with Gasteiger partial charge in [-0.15, -0.1) is 0 Å². The largest absolute Gasteiger partial charge is 0.322 e. The molecular weight excluding hydrogens is 493 g/mol. The zero-order valence-electron chi connectivity index (χ0n) is 21.1. The summed E-state index contributed by atoms with van der Waals surface area (Å²) in [6, 6.07) is 12.0. The van der Waals surface area contributed by atoms with Crippen molar-refractivity contribution in [2.45, 2.75) is 26.9 Å². The standard InChI is InChI=1S/C29H27F3N4O2/c1-18(26(32)6-4-5-19(2)30)7-16-25-27(34-20(3)35-28(25)33-17-37)21-8-10-22(11-9-21)29(38)36-24-14-12-23(31)13-15-24/h4-19H,1-3H3,(H,36,38)(H,33,34,35,37)/b5-4-,16-7-,26-6+. The fraction of sp³-hybridized carbons (Fsp3) is 0.172. The molecule has 0 aliphatic heterocycles. The third kappa shape index (κ3) is 7.73. The first kappa shape index (κ1) is 28.0. The lowest BCUT2D eigenvalue weighted by molar-refractivity contribution is -0.105. The number of carbonyl (C=O) groups is 2. The molecule has 6 nitrogen and oxygen atoms in total. The molecule has 0 radical (unpaired) electrons. The lowest BCUT2D eigenvalue weighted by Gasteiger charge is -2.13. The Kier molecular flexibility index (Phi) is 9.70. The van der Waals surface area contributed by atoms with Gasteiger partial charge < -0.3 is 10.6 Å². The third-order valence-electron chi connectivity index (χ3n) is 5.39. The van der Waals surface area contributed by atoms with E-state index in [2.05, 4.69) is 20.6 Å². The fourth-order valence-electron chi connectivity index (χ4n) is 3.43. The Labute approximate surface area is 219 Å². The van der Waals surface area contributed by atoms with E-state index in [0.29, 0.717) is 40.3 Å². The quantitative estimate of drug-likeness (QED) is 0.227. The lowest BCUT2D eigenvalue weighted by Crippen LogP contribution is -2.11. The average Bonchev–Trinajstić information content (AvgIpc) is 2.89. The highest BCUT2D eigenvalue weighted by molar-refractivity contribution is 6.04. The van der Waals surface area contributed by atoms with E-state index in [1.807, 2.05) is 0 Å². The SMILES string of the molecule is Cc1nc(NC=O)c(/C=C\C(C)/C(F)=C\C=C/C(C)F)c(-c2ccc(C(=O)Nc3ccc(F)cc3)cc2)n1. The molecule has 0 aliphatic rings. The Balaban J connectivity index is 1.91. The number of allylic oxidation sites excluding steroid dienone is 5. The van der Waals surface area contributed by atoms with E-state index in [-0.39, 0.29) is 11.7 Å². The number of amides is 2. The molecule has 0 fully saturated rings. The Bertz CT molecular complexity index is 1370. The summed E-state index contributed by atoms with van der Waals surface area (Å²) in [6.45, 7) is 4.64. The molecule has 2 N–H and O–H groups in total. The second kappa shape index (κ2) is 13.1. The summed E-state index contributed by atoms with van der Waals surface area (Å²) in [4.78, 5) is 32.6. The van der Waals surface area contributed by atoms with Gasteiger partial charge in [-0.05, 0) is 56.3 Å². The molecule has 0 aliphatic carbocycles. The summed E-state index contributed by atoms with van der Waals surface area (Å²) in [5, 5.41) is 5.25. The Hall–Kier alpha value is -4.53. The maximum atomic E-state index is 14.5. The Morgan fingerprint density at radius 3 is 2.32 bits per heavy atom. The van der Waals surface area contributed by atoms with Crippen LogP contribution in [-0.2, 0) is 4.79 Å². The Morgan fingerprint density at radius 1 is 1.00 bits per heavy atom. The first-order valence-electron chi connectivity index (χ1n) is 11.8. The molecule has 1 aromatic heterocycles. The lowest BCUT2D eigenvalue weighted by atomic mass is 10.0. The van der Waals surface area contributed by atoms with Crippen LogP contribution in [0.25, 0.3) is 17.3 Å². The van der Waals surface area contributed by atoms with Crippen LogP contribution in [0.5, 0.6) is 0 Å². The number of hydrogen-bond acceptors (Lipinski definition) is 4. The number of hydrogen-bond donors (Lipinski definition) is 2. The second-order valence-electron chi connectivity index (χ2n) is 8.44. The van der Waals surface area contributed by atoms with Gasteiger partial charge >= 0.3 is 0 Å². The number of aromatic nitrogens is 2. The minimum absolute atomic E-state index is 0.236. The van der Waals surface area contributed by atoms with Gasteiger partial charge in [0, 0.05) is 28.3 Å². The van der Waals surface area contributed by atoms with Gasteiger partial charge in [0.25, 0.3) is 5.91 Å². The van der Waals surface area contributed by atoms with Crippen molar-refractivity contribution in [1.29, 1.82) is 0 Å². The smallest absolute Gasteiger partial charge is 0.255 e. The molecule has 2 atom stereocenters. The van der Waals surface area contributed by atoms with Crippen molar-refractivity contribution < 1.29 is 22.8 Å². The predicted molar refractivity (Wildman–Crippen MR) is 143 cm³/mol. The van der Waals surface area contributed by atoms with Crippen molar-refractivity contribution in [1.82, 2.24) is 9.97 Å². The van der Waals surface area contributed by atoms with E-state index in [4.69, 9.17) is 0 Å². The topological polar surface area (TPSA) is 84.0 Å². The zero-order chi connectivity index (χ0) is 27.7. The summed E-state index contributed by atoms with van der Waals surface area (Å²) in [6.07, 6.45) is 6.23. The molecule has 9 heteroatoms. The van der Waals surface area contributed by atoms with Crippen LogP contribution in [-0.4, -0.2) is 28.5 Å². The van der Waals surface area contributed by atoms with Crippen LogP contribution < -0.4 is 10.6 Å². The molecule has 0 spiro atoms. The normalized spacial score (nSPS) is 13.5. The van der Waals surface area contributed by atoms with Crippen molar-refractivity contribution in [2.24, 2.45) is 5.92 Å². The molecule has 0 saturated heterocycles. The second-order valence-corrected chi connectivity index (χ2v) is 8.44. The molecule has 1 heterocycles. The van der Waals surface area contributed by atoms with Gasteiger partial charge in [0.2, 0.25) is 6.41 Å². The average molecular weight is 521 g/mol. The van der Waals surface area contributed by atoms with Crippen LogP contribution in [0.1, 0.15) is 35.6 Å². The molecule has 0 bridgehead atoms. The van der Waals surface area contributed by atoms with Gasteiger partial charge in [-0.3, -0.25) is 9.59 Å². The van der Waals surface area contributed by atoms with Crippen LogP contribution in [0, 0.1) is 18.7 Å². The number of aryl methyl sites for hydroxylation is 1. The number of halogens is 3. The number of anilines is 2. The summed E-state index contributed by atoms with van der Waals surface area (Å²) in [7, 11) is 0. The van der Waals surface area contributed by atoms with E-state index in [1.54, 1.807) is 50.3 Å². The van der Waals surface area contributed by atoms with Crippen molar-refractivity contribution in [2.75, 3.05) is 10.6 Å². The zero-order valence-corrected chi connectivity index (χ0v) is 21.1. The van der Waals surface area contributed by atoms with Crippen molar-refractivity contribution in [3.8, 4) is 11.3 Å². The number of carbonyl (C=O) groups excluding carboxylic acids is 2. The summed E-state index contributed by atoms with van der Waals surface area (Å²) in [5.41, 5.74) is 2.36. The predicted octanol–water partition coefficient (Wildman–Crippen LogP) is 6.83. The highest BCUT2D eigenvalue weighted by Crippen LogP contribution is 2.29. The maximum Gasteiger partial charge on any atom is 0.255 e. The van der Waals surface area contributed by atoms with E-state index in [0.717, 1.165) is 0 Å². The molecule has 2 unspecified atom stereocenters. The number of nitrogens with zero attached hydrogens (tertiary/aromatic N) is 2. The van der Waals surface area contributed by atoms with Gasteiger partial charge in [0.05, 0.1) is 5.69 Å². The molecular formula is C29H27F3N4O2. The van der Waals surface area contributed by atoms with Gasteiger partial charge in [-0.1, -0.05) is 43.4 Å². The molecule has 196 valence electrons. The first-order chi connectivity index (χ1) is 18.2. The first-order valence-corrected chi connectivity index (χ1v) is 11.8. The van der Waals surface area contributed by atoms with Crippen LogP contribution >= 0.6 is 0 Å². The highest BCUT2D eigenvalue weighted by Gasteiger charge is 2.15. The van der Waals surface area contributed by atoms with E-state index in [1.165, 1.54) is 49.4 Å². The summed E-state index contributed by atoms with van der Waals surface area (Å²) in [5.74, 6) is -1.28. The minimum Gasteiger partial charge on any atom is -0.322 e. The van der Waals surface area contributed by atoms with Crippen molar-refractivity contribution in [3.63, 3.8) is 0 Å². The van der Waals surface area contributed by atoms with Crippen LogP contribution in [0.3, 0.4) is 0 Å². The Morgan fingerprint density at radius 2 is 1.68 bits per heavy atom. The molecule has 0 saturated carbocycles. The molecule has 3 rings (SSSR count). The molecule has 2 aromatic carbocycles. The van der Waals surface area contributed by atoms with Gasteiger partial charge in [-0.25, -0.2) is 23.1 Å². The monoisotopic (exact) mass is 520 g/mol. The number of benzene rings is 2. The summed E-state index contributed by atoms with van der Waals surface area (Å²) < 4.78 is 40.5. The van der Waals surface area contributed by atoms with Crippen molar-refractivity contribution in [3.05, 3.63) is 101 Å². The van der Waals surface area contributed by atoms with Crippen LogP contribution in [0.4, 0.5) is 24.7 Å². The van der Waals surface area contributed by atoms with Gasteiger partial charge in [0.15, 0.2) is 0 Å². The fourth-order valence-corrected chi connectivity index (χ4v) is 3.43. The van der Waals surface area contributed by atoms with E-state index in [9.17, 15) is 22.8 Å². The van der Waals surface area contributed by atoms with Gasteiger partial charge in [-0.2, -0.15) is 0 Å². The maximum absolute atomic E-state index is 14.5. The molecule has 38 heavy (non-hydrogen) atoms. The molecule has 3 aromatic rings. The van der Waals surface area contributed by atoms with Gasteiger partial charge in [0.1, 0.15) is 29.5 Å². The number of alkyl halides is 1. The number of nitrogens with one attached hydrogen (secondary N) is 2. The minimum atomic E-state index is -1.19. The third-order valence-corrected chi connectivity index (χ3v) is 5.39. The van der Waals surface area contributed by atoms with Crippen molar-refractivity contribution >= 4 is 29.9 Å². The van der Waals surface area contributed by atoms with Crippen LogP contribution in [0.15, 0.2) is 78.7 Å². The van der Waals surface area contributed by atoms with E-state index >= 15 is 0 Å². The molecule has 2 amide bonds. The van der Waals surface area contributed by atoms with E-state index < -0.39 is 23.7 Å². The summed E-state index contributed by atoms with van der Waals surface area (Å²) >= 11 is 0. The number of rotatable bonds is 10.